The van der Waals surface area contributed by atoms with Crippen molar-refractivity contribution in [3.63, 3.8) is 0 Å². The maximum atomic E-state index is 13.0. The fourth-order valence-corrected chi connectivity index (χ4v) is 3.42. The highest BCUT2D eigenvalue weighted by molar-refractivity contribution is 8.13. The lowest BCUT2D eigenvalue weighted by Crippen LogP contribution is -2.41. The summed E-state index contributed by atoms with van der Waals surface area (Å²) in [6.07, 6.45) is -1.11. The van der Waals surface area contributed by atoms with Crippen LogP contribution in [0.25, 0.3) is 0 Å². The Morgan fingerprint density at radius 2 is 1.69 bits per heavy atom. The molecule has 0 bridgehead atoms. The predicted octanol–water partition coefficient (Wildman–Crippen LogP) is 4.78. The van der Waals surface area contributed by atoms with E-state index < -0.39 is 37.1 Å². The van der Waals surface area contributed by atoms with Crippen LogP contribution >= 0.6 is 22.3 Å². The number of benzene rings is 2. The zero-order chi connectivity index (χ0) is 21.8. The van der Waals surface area contributed by atoms with Crippen LogP contribution in [0.4, 0.5) is 4.79 Å². The molecule has 0 heterocycles. The van der Waals surface area contributed by atoms with E-state index in [1.54, 1.807) is 51.1 Å². The van der Waals surface area contributed by atoms with Gasteiger partial charge in [-0.3, -0.25) is 9.63 Å². The lowest BCUT2D eigenvalue weighted by molar-refractivity contribution is -0.127. The van der Waals surface area contributed by atoms with E-state index in [0.29, 0.717) is 10.6 Å². The summed E-state index contributed by atoms with van der Waals surface area (Å²) < 4.78 is 28.9. The van der Waals surface area contributed by atoms with Gasteiger partial charge in [-0.2, -0.15) is 0 Å². The monoisotopic (exact) mass is 459 g/mol. The number of ether oxygens (including phenoxy) is 1. The average Bonchev–Trinajstić information content (AvgIpc) is 2.60. The lowest BCUT2D eigenvalue weighted by Gasteiger charge is -2.25. The highest BCUT2D eigenvalue weighted by atomic mass is 35.7. The van der Waals surface area contributed by atoms with Gasteiger partial charge in [-0.15, -0.1) is 5.06 Å². The quantitative estimate of drug-likeness (QED) is 0.472. The van der Waals surface area contributed by atoms with Crippen LogP contribution in [0.2, 0.25) is 5.02 Å². The van der Waals surface area contributed by atoms with Crippen molar-refractivity contribution in [2.45, 2.75) is 37.9 Å². The van der Waals surface area contributed by atoms with Crippen LogP contribution in [0.3, 0.4) is 0 Å². The van der Waals surface area contributed by atoms with Gasteiger partial charge in [-0.05, 0) is 44.5 Å². The third kappa shape index (κ3) is 6.71. The van der Waals surface area contributed by atoms with Gasteiger partial charge in [0.2, 0.25) is 0 Å². The minimum Gasteiger partial charge on any atom is -0.442 e. The molecule has 0 saturated heterocycles. The van der Waals surface area contributed by atoms with Crippen LogP contribution in [-0.2, 0) is 25.2 Å². The van der Waals surface area contributed by atoms with E-state index in [2.05, 4.69) is 0 Å². The van der Waals surface area contributed by atoms with E-state index in [1.165, 1.54) is 6.07 Å². The van der Waals surface area contributed by atoms with Crippen LogP contribution in [-0.4, -0.2) is 31.1 Å². The number of halogens is 2. The van der Waals surface area contributed by atoms with Crippen molar-refractivity contribution >= 4 is 43.3 Å². The minimum atomic E-state index is -4.30. The molecule has 0 aliphatic heterocycles. The molecule has 2 amide bonds. The molecule has 0 aromatic heterocycles. The first-order valence-electron chi connectivity index (χ1n) is 8.37. The summed E-state index contributed by atoms with van der Waals surface area (Å²) in [6.45, 7) is 4.69. The summed E-state index contributed by atoms with van der Waals surface area (Å²) in [5.74, 6) is -1.09. The van der Waals surface area contributed by atoms with Crippen molar-refractivity contribution in [2.24, 2.45) is 0 Å². The predicted molar refractivity (Wildman–Crippen MR) is 108 cm³/mol. The maximum absolute atomic E-state index is 13.0. The zero-order valence-corrected chi connectivity index (χ0v) is 18.2. The summed E-state index contributed by atoms with van der Waals surface area (Å²) in [5, 5.41) is 0.430. The summed E-state index contributed by atoms with van der Waals surface area (Å²) in [5.41, 5.74) is -0.682. The summed E-state index contributed by atoms with van der Waals surface area (Å²) >= 11 is 5.91. The van der Waals surface area contributed by atoms with E-state index in [0.717, 1.165) is 12.1 Å². The Balaban J connectivity index is 2.43. The number of carbonyl (C=O) groups excluding carboxylic acids is 2. The molecule has 0 saturated carbocycles. The van der Waals surface area contributed by atoms with E-state index in [-0.39, 0.29) is 11.6 Å². The summed E-state index contributed by atoms with van der Waals surface area (Å²) in [6, 6.07) is 12.2. The zero-order valence-electron chi connectivity index (χ0n) is 15.9. The second kappa shape index (κ2) is 9.13. The average molecular weight is 460 g/mol. The highest BCUT2D eigenvalue weighted by Crippen LogP contribution is 2.26. The number of carbonyl (C=O) groups is 2. The van der Waals surface area contributed by atoms with Crippen LogP contribution in [0, 0.1) is 0 Å². The van der Waals surface area contributed by atoms with E-state index >= 15 is 0 Å². The van der Waals surface area contributed by atoms with Gasteiger partial charge in [-0.1, -0.05) is 41.9 Å². The van der Waals surface area contributed by atoms with Crippen LogP contribution in [0.5, 0.6) is 0 Å². The SMILES string of the molecule is CC(C)(C)OC(=O)N(OCc1ccccc1)C(=O)c1cc(Cl)ccc1S(=O)(=O)Cl. The van der Waals surface area contributed by atoms with E-state index in [9.17, 15) is 18.0 Å². The fraction of sp³-hybridized carbons (Fsp3) is 0.263. The van der Waals surface area contributed by atoms with Gasteiger partial charge in [-0.25, -0.2) is 13.2 Å². The third-order valence-electron chi connectivity index (χ3n) is 3.38. The molecule has 2 rings (SSSR count). The van der Waals surface area contributed by atoms with Gasteiger partial charge in [0, 0.05) is 15.7 Å². The Labute approximate surface area is 178 Å². The van der Waals surface area contributed by atoms with Gasteiger partial charge in [0.15, 0.2) is 0 Å². The Hall–Kier alpha value is -2.13. The highest BCUT2D eigenvalue weighted by Gasteiger charge is 2.33. The van der Waals surface area contributed by atoms with Crippen molar-refractivity contribution in [3.8, 4) is 0 Å². The lowest BCUT2D eigenvalue weighted by atomic mass is 10.2. The molecule has 0 spiro atoms. The van der Waals surface area contributed by atoms with Gasteiger partial charge < -0.3 is 4.74 Å². The second-order valence-electron chi connectivity index (χ2n) is 6.92. The molecule has 0 atom stereocenters. The second-order valence-corrected chi connectivity index (χ2v) is 9.89. The molecule has 2 aromatic carbocycles. The maximum Gasteiger partial charge on any atom is 0.442 e. The normalized spacial score (nSPS) is 11.8. The largest absolute Gasteiger partial charge is 0.442 e. The number of hydroxylamine groups is 2. The Morgan fingerprint density at radius 1 is 1.07 bits per heavy atom. The molecule has 7 nitrogen and oxygen atoms in total. The summed E-state index contributed by atoms with van der Waals surface area (Å²) in [4.78, 5) is 30.5. The molecule has 10 heteroatoms. The number of rotatable bonds is 5. The van der Waals surface area contributed by atoms with Crippen LogP contribution in [0.1, 0.15) is 36.7 Å². The first kappa shape index (κ1) is 23.2. The topological polar surface area (TPSA) is 90.0 Å². The molecule has 156 valence electrons. The molecule has 0 N–H and O–H groups in total. The summed E-state index contributed by atoms with van der Waals surface area (Å²) in [7, 11) is 1.13. The molecule has 29 heavy (non-hydrogen) atoms. The Kier molecular flexibility index (Phi) is 7.29. The first-order chi connectivity index (χ1) is 13.4. The Morgan fingerprint density at radius 3 is 2.24 bits per heavy atom. The van der Waals surface area contributed by atoms with Crippen LogP contribution in [0.15, 0.2) is 53.4 Å². The molecule has 0 fully saturated rings. The smallest absolute Gasteiger partial charge is 0.442 e. The number of imide groups is 1. The van der Waals surface area contributed by atoms with E-state index in [4.69, 9.17) is 31.9 Å². The van der Waals surface area contributed by atoms with Crippen molar-refractivity contribution in [3.05, 3.63) is 64.7 Å². The van der Waals surface area contributed by atoms with Gasteiger partial charge in [0.25, 0.3) is 15.0 Å². The van der Waals surface area contributed by atoms with E-state index in [1.807, 2.05) is 0 Å². The fourth-order valence-electron chi connectivity index (χ4n) is 2.20. The first-order valence-corrected chi connectivity index (χ1v) is 11.1. The molecule has 0 aliphatic rings. The number of amides is 2. The standard InChI is InChI=1S/C19H19Cl2NO6S/c1-19(2,3)28-18(24)22(27-12-13-7-5-4-6-8-13)17(23)15-11-14(20)9-10-16(15)29(21,25)26/h4-11H,12H2,1-3H3. The van der Waals surface area contributed by atoms with Crippen molar-refractivity contribution in [1.82, 2.24) is 5.06 Å². The number of nitrogens with zero attached hydrogens (tertiary/aromatic N) is 1. The molecule has 2 aromatic rings. The number of hydrogen-bond donors (Lipinski definition) is 0. The van der Waals surface area contributed by atoms with Gasteiger partial charge >= 0.3 is 6.09 Å². The van der Waals surface area contributed by atoms with Gasteiger partial charge in [0.05, 0.1) is 10.5 Å². The third-order valence-corrected chi connectivity index (χ3v) is 5.00. The molecule has 0 radical (unpaired) electrons. The molecule has 0 unspecified atom stereocenters. The number of hydrogen-bond acceptors (Lipinski definition) is 6. The molecular formula is C19H19Cl2NO6S. The molecular weight excluding hydrogens is 441 g/mol. The minimum absolute atomic E-state index is 0.0737. The molecule has 0 aliphatic carbocycles. The van der Waals surface area contributed by atoms with Crippen molar-refractivity contribution < 1.29 is 27.6 Å². The Bertz CT molecular complexity index is 1000. The van der Waals surface area contributed by atoms with Crippen molar-refractivity contribution in [1.29, 1.82) is 0 Å². The van der Waals surface area contributed by atoms with Gasteiger partial charge in [0.1, 0.15) is 12.2 Å². The van der Waals surface area contributed by atoms with Crippen molar-refractivity contribution in [2.75, 3.05) is 0 Å². The van der Waals surface area contributed by atoms with Crippen LogP contribution < -0.4 is 0 Å².